The Morgan fingerprint density at radius 3 is 3.00 bits per heavy atom. The molecule has 62 valence electrons. The maximum Gasteiger partial charge on any atom is 0.230 e. The first kappa shape index (κ1) is 7.35. The Labute approximate surface area is 73.8 Å². The van der Waals surface area contributed by atoms with E-state index in [4.69, 9.17) is 5.73 Å². The standard InChI is InChI=1S/C6H6N4OS/c7-4-2-1-3(11)8-5(2)10-6(12)9-4/h1H2,(H4,7,8,9,10,11,12). The summed E-state index contributed by atoms with van der Waals surface area (Å²) in [5.74, 6) is 0.700. The minimum absolute atomic E-state index is 0.107. The lowest BCUT2D eigenvalue weighted by Gasteiger charge is -2.00. The van der Waals surface area contributed by atoms with Crippen molar-refractivity contribution in [2.24, 2.45) is 0 Å². The van der Waals surface area contributed by atoms with Gasteiger partial charge >= 0.3 is 0 Å². The lowest BCUT2D eigenvalue weighted by atomic mass is 10.2. The highest BCUT2D eigenvalue weighted by atomic mass is 32.1. The number of anilines is 2. The monoisotopic (exact) mass is 182 g/mol. The average Bonchev–Trinajstić information content (AvgIpc) is 2.29. The number of amides is 1. The molecule has 0 spiro atoms. The SMILES string of the molecule is Nc1nc(S)nc2c1CC(=O)N2. The molecule has 0 bridgehead atoms. The molecule has 0 atom stereocenters. The van der Waals surface area contributed by atoms with Crippen LogP contribution in [0.4, 0.5) is 11.6 Å². The Bertz CT molecular complexity index is 365. The van der Waals surface area contributed by atoms with Gasteiger partial charge in [-0.2, -0.15) is 0 Å². The fourth-order valence-electron chi connectivity index (χ4n) is 1.10. The highest BCUT2D eigenvalue weighted by Gasteiger charge is 2.22. The number of rotatable bonds is 0. The number of aromatic nitrogens is 2. The molecule has 1 amide bonds. The Kier molecular flexibility index (Phi) is 1.44. The van der Waals surface area contributed by atoms with Crippen LogP contribution in [0.2, 0.25) is 0 Å². The summed E-state index contributed by atoms with van der Waals surface area (Å²) in [6.07, 6.45) is 0.259. The number of carbonyl (C=O) groups is 1. The van der Waals surface area contributed by atoms with Crippen molar-refractivity contribution in [1.82, 2.24) is 9.97 Å². The Morgan fingerprint density at radius 2 is 2.25 bits per heavy atom. The summed E-state index contributed by atoms with van der Waals surface area (Å²) >= 11 is 3.93. The predicted molar refractivity (Wildman–Crippen MR) is 46.0 cm³/mol. The highest BCUT2D eigenvalue weighted by Crippen LogP contribution is 2.25. The van der Waals surface area contributed by atoms with Crippen LogP contribution < -0.4 is 11.1 Å². The van der Waals surface area contributed by atoms with Gasteiger partial charge in [0.25, 0.3) is 0 Å². The number of hydrogen-bond donors (Lipinski definition) is 3. The maximum atomic E-state index is 10.9. The van der Waals surface area contributed by atoms with E-state index in [9.17, 15) is 4.79 Å². The molecular weight excluding hydrogens is 176 g/mol. The topological polar surface area (TPSA) is 80.9 Å². The summed E-state index contributed by atoms with van der Waals surface area (Å²) in [4.78, 5) is 18.6. The zero-order chi connectivity index (χ0) is 8.72. The van der Waals surface area contributed by atoms with E-state index in [1.54, 1.807) is 0 Å². The third kappa shape index (κ3) is 1.00. The minimum Gasteiger partial charge on any atom is -0.383 e. The molecule has 0 aliphatic carbocycles. The van der Waals surface area contributed by atoms with E-state index >= 15 is 0 Å². The van der Waals surface area contributed by atoms with Crippen LogP contribution in [0.15, 0.2) is 5.16 Å². The van der Waals surface area contributed by atoms with E-state index in [2.05, 4.69) is 27.9 Å². The molecule has 0 fully saturated rings. The van der Waals surface area contributed by atoms with Crippen LogP contribution in [0.5, 0.6) is 0 Å². The molecule has 12 heavy (non-hydrogen) atoms. The number of thiol groups is 1. The molecule has 3 N–H and O–H groups in total. The van der Waals surface area contributed by atoms with Crippen molar-refractivity contribution in [3.8, 4) is 0 Å². The van der Waals surface area contributed by atoms with Gasteiger partial charge in [-0.15, -0.1) is 12.6 Å². The molecule has 6 heteroatoms. The second kappa shape index (κ2) is 2.34. The third-order valence-corrected chi connectivity index (χ3v) is 1.82. The molecule has 0 aromatic carbocycles. The Hall–Kier alpha value is -1.30. The first-order valence-electron chi connectivity index (χ1n) is 3.32. The summed E-state index contributed by atoms with van der Waals surface area (Å²) < 4.78 is 0. The summed E-state index contributed by atoms with van der Waals surface area (Å²) in [5.41, 5.74) is 6.21. The van der Waals surface area contributed by atoms with Gasteiger partial charge in [-0.1, -0.05) is 0 Å². The average molecular weight is 182 g/mol. The normalized spacial score (nSPS) is 14.2. The number of hydrogen-bond acceptors (Lipinski definition) is 5. The molecule has 1 aromatic heterocycles. The number of nitrogen functional groups attached to an aromatic ring is 1. The summed E-state index contributed by atoms with van der Waals surface area (Å²) in [7, 11) is 0. The zero-order valence-corrected chi connectivity index (χ0v) is 6.93. The number of fused-ring (bicyclic) bond motifs is 1. The van der Waals surface area contributed by atoms with Crippen molar-refractivity contribution < 1.29 is 4.79 Å². The summed E-state index contributed by atoms with van der Waals surface area (Å²) in [6.45, 7) is 0. The predicted octanol–water partition coefficient (Wildman–Crippen LogP) is -0.158. The van der Waals surface area contributed by atoms with Gasteiger partial charge < -0.3 is 11.1 Å². The largest absolute Gasteiger partial charge is 0.383 e. The van der Waals surface area contributed by atoms with Gasteiger partial charge in [0, 0.05) is 5.56 Å². The fraction of sp³-hybridized carbons (Fsp3) is 0.167. The highest BCUT2D eigenvalue weighted by molar-refractivity contribution is 7.80. The quantitative estimate of drug-likeness (QED) is 0.385. The molecule has 1 aromatic rings. The fourth-order valence-corrected chi connectivity index (χ4v) is 1.31. The number of nitrogens with two attached hydrogens (primary N) is 1. The minimum atomic E-state index is -0.107. The van der Waals surface area contributed by atoms with Crippen LogP contribution in [-0.4, -0.2) is 15.9 Å². The van der Waals surface area contributed by atoms with Crippen molar-refractivity contribution in [2.75, 3.05) is 11.1 Å². The van der Waals surface area contributed by atoms with Crippen LogP contribution in [0.3, 0.4) is 0 Å². The van der Waals surface area contributed by atoms with Gasteiger partial charge in [-0.25, -0.2) is 9.97 Å². The lowest BCUT2D eigenvalue weighted by molar-refractivity contribution is -0.115. The molecule has 0 radical (unpaired) electrons. The van der Waals surface area contributed by atoms with Gasteiger partial charge in [0.1, 0.15) is 11.6 Å². The lowest BCUT2D eigenvalue weighted by Crippen LogP contribution is -2.04. The molecule has 2 heterocycles. The molecular formula is C6H6N4OS. The number of carbonyl (C=O) groups excluding carboxylic acids is 1. The van der Waals surface area contributed by atoms with E-state index in [1.807, 2.05) is 0 Å². The van der Waals surface area contributed by atoms with Crippen LogP contribution >= 0.6 is 12.6 Å². The van der Waals surface area contributed by atoms with Crippen LogP contribution in [0, 0.1) is 0 Å². The Morgan fingerprint density at radius 1 is 1.50 bits per heavy atom. The van der Waals surface area contributed by atoms with Crippen molar-refractivity contribution in [1.29, 1.82) is 0 Å². The molecule has 0 saturated heterocycles. The van der Waals surface area contributed by atoms with Gasteiger partial charge in [0.05, 0.1) is 6.42 Å². The van der Waals surface area contributed by atoms with Crippen LogP contribution in [0.1, 0.15) is 5.56 Å². The van der Waals surface area contributed by atoms with Gasteiger partial charge in [0.15, 0.2) is 5.16 Å². The second-order valence-electron chi connectivity index (χ2n) is 2.46. The van der Waals surface area contributed by atoms with Gasteiger partial charge in [0.2, 0.25) is 5.91 Å². The van der Waals surface area contributed by atoms with Crippen molar-refractivity contribution >= 4 is 30.2 Å². The molecule has 0 saturated carbocycles. The Balaban J connectivity index is 2.59. The first-order chi connectivity index (χ1) is 5.66. The van der Waals surface area contributed by atoms with Gasteiger partial charge in [-0.3, -0.25) is 4.79 Å². The van der Waals surface area contributed by atoms with E-state index in [0.717, 1.165) is 0 Å². The molecule has 5 nitrogen and oxygen atoms in total. The zero-order valence-electron chi connectivity index (χ0n) is 6.03. The molecule has 0 unspecified atom stereocenters. The maximum absolute atomic E-state index is 10.9. The molecule has 1 aliphatic heterocycles. The van der Waals surface area contributed by atoms with Crippen LogP contribution in [0.25, 0.3) is 0 Å². The van der Waals surface area contributed by atoms with Crippen molar-refractivity contribution in [3.05, 3.63) is 5.56 Å². The molecule has 2 rings (SSSR count). The van der Waals surface area contributed by atoms with E-state index in [-0.39, 0.29) is 17.5 Å². The van der Waals surface area contributed by atoms with Crippen molar-refractivity contribution in [2.45, 2.75) is 11.6 Å². The van der Waals surface area contributed by atoms with E-state index in [0.29, 0.717) is 17.2 Å². The molecule has 1 aliphatic rings. The number of nitrogens with one attached hydrogen (secondary N) is 1. The van der Waals surface area contributed by atoms with Crippen LogP contribution in [-0.2, 0) is 11.2 Å². The smallest absolute Gasteiger partial charge is 0.230 e. The third-order valence-electron chi connectivity index (χ3n) is 1.62. The summed E-state index contributed by atoms with van der Waals surface area (Å²) in [6, 6.07) is 0. The van der Waals surface area contributed by atoms with E-state index < -0.39 is 0 Å². The summed E-state index contributed by atoms with van der Waals surface area (Å²) in [5, 5.41) is 2.83. The van der Waals surface area contributed by atoms with Crippen molar-refractivity contribution in [3.63, 3.8) is 0 Å². The first-order valence-corrected chi connectivity index (χ1v) is 3.77. The van der Waals surface area contributed by atoms with E-state index in [1.165, 1.54) is 0 Å². The second-order valence-corrected chi connectivity index (χ2v) is 2.86. The number of nitrogens with zero attached hydrogens (tertiary/aromatic N) is 2. The van der Waals surface area contributed by atoms with Gasteiger partial charge in [-0.05, 0) is 0 Å².